The van der Waals surface area contributed by atoms with E-state index < -0.39 is 0 Å². The zero-order valence-electron chi connectivity index (χ0n) is 12.1. The minimum Gasteiger partial charge on any atom is -0.395 e. The van der Waals surface area contributed by atoms with E-state index in [9.17, 15) is 4.79 Å². The molecule has 0 saturated carbocycles. The van der Waals surface area contributed by atoms with Gasteiger partial charge in [-0.2, -0.15) is 5.10 Å². The second-order valence-electron chi connectivity index (χ2n) is 4.85. The first-order valence-corrected chi connectivity index (χ1v) is 7.41. The Kier molecular flexibility index (Phi) is 4.08. The van der Waals surface area contributed by atoms with Crippen LogP contribution in [0.1, 0.15) is 48.6 Å². The first-order chi connectivity index (χ1) is 9.43. The van der Waals surface area contributed by atoms with Gasteiger partial charge >= 0.3 is 0 Å². The van der Waals surface area contributed by atoms with Crippen molar-refractivity contribution in [3.63, 3.8) is 0 Å². The third-order valence-electron chi connectivity index (χ3n) is 3.02. The lowest BCUT2D eigenvalue weighted by molar-refractivity contribution is 0.101. The lowest BCUT2D eigenvalue weighted by atomic mass is 10.2. The highest BCUT2D eigenvalue weighted by Gasteiger charge is 2.20. The smallest absolute Gasteiger partial charge is 0.277 e. The number of amides is 1. The van der Waals surface area contributed by atoms with Crippen molar-refractivity contribution in [2.75, 3.05) is 11.1 Å². The van der Waals surface area contributed by atoms with Crippen LogP contribution < -0.4 is 11.1 Å². The molecule has 0 aliphatic carbocycles. The Hall–Kier alpha value is -1.89. The van der Waals surface area contributed by atoms with Gasteiger partial charge in [0.15, 0.2) is 5.13 Å². The van der Waals surface area contributed by atoms with Crippen LogP contribution >= 0.6 is 11.3 Å². The Bertz CT molecular complexity index is 629. The lowest BCUT2D eigenvalue weighted by Gasteiger charge is -2.05. The average molecular weight is 293 g/mol. The number of rotatable bonds is 4. The Morgan fingerprint density at radius 2 is 2.25 bits per heavy atom. The molecule has 20 heavy (non-hydrogen) atoms. The fourth-order valence-electron chi connectivity index (χ4n) is 1.83. The van der Waals surface area contributed by atoms with Crippen molar-refractivity contribution in [3.05, 3.63) is 22.5 Å². The van der Waals surface area contributed by atoms with Gasteiger partial charge < -0.3 is 5.73 Å². The Labute approximate surface area is 122 Å². The maximum atomic E-state index is 12.3. The molecule has 6 nitrogen and oxygen atoms in total. The van der Waals surface area contributed by atoms with Crippen LogP contribution in [-0.4, -0.2) is 20.7 Å². The number of nitrogens with two attached hydrogens (primary N) is 1. The predicted molar refractivity (Wildman–Crippen MR) is 81.2 cm³/mol. The number of anilines is 2. The number of hydrogen-bond donors (Lipinski definition) is 2. The van der Waals surface area contributed by atoms with E-state index in [0.29, 0.717) is 34.7 Å². The highest BCUT2D eigenvalue weighted by atomic mass is 32.1. The van der Waals surface area contributed by atoms with E-state index in [1.165, 1.54) is 11.3 Å². The molecule has 0 unspecified atom stereocenters. The van der Waals surface area contributed by atoms with Gasteiger partial charge in [0.1, 0.15) is 5.69 Å². The molecule has 0 aliphatic heterocycles. The third kappa shape index (κ3) is 2.67. The van der Waals surface area contributed by atoms with Crippen LogP contribution in [0.4, 0.5) is 10.8 Å². The molecule has 0 aliphatic rings. The molecule has 2 aromatic heterocycles. The minimum atomic E-state index is -0.269. The van der Waals surface area contributed by atoms with E-state index in [1.54, 1.807) is 11.6 Å². The average Bonchev–Trinajstić information content (AvgIpc) is 2.95. The first kappa shape index (κ1) is 14.5. The molecule has 2 heterocycles. The second kappa shape index (κ2) is 5.62. The van der Waals surface area contributed by atoms with E-state index in [1.807, 2.05) is 12.3 Å². The quantitative estimate of drug-likeness (QED) is 0.907. The van der Waals surface area contributed by atoms with E-state index >= 15 is 0 Å². The predicted octanol–water partition coefficient (Wildman–Crippen LogP) is 2.63. The van der Waals surface area contributed by atoms with E-state index in [2.05, 4.69) is 29.2 Å². The van der Waals surface area contributed by atoms with Crippen molar-refractivity contribution in [1.29, 1.82) is 0 Å². The molecule has 108 valence electrons. The summed E-state index contributed by atoms with van der Waals surface area (Å²) in [5.74, 6) is 0.0694. The summed E-state index contributed by atoms with van der Waals surface area (Å²) in [6.07, 6.45) is 0. The molecule has 2 aromatic rings. The standard InChI is InChI=1S/C13H19N5OS/c1-5-18-11(10(14)8(4)17-18)12(19)16-13-15-9(6-20-13)7(2)3/h6-7H,5,14H2,1-4H3,(H,15,16,19). The van der Waals surface area contributed by atoms with Crippen LogP contribution in [0.2, 0.25) is 0 Å². The number of thiazole rings is 1. The Morgan fingerprint density at radius 3 is 2.80 bits per heavy atom. The molecule has 0 saturated heterocycles. The highest BCUT2D eigenvalue weighted by Crippen LogP contribution is 2.23. The summed E-state index contributed by atoms with van der Waals surface area (Å²) >= 11 is 1.41. The van der Waals surface area contributed by atoms with Crippen LogP contribution in [0.5, 0.6) is 0 Å². The van der Waals surface area contributed by atoms with Gasteiger partial charge in [0.2, 0.25) is 0 Å². The molecule has 0 aromatic carbocycles. The lowest BCUT2D eigenvalue weighted by Crippen LogP contribution is -2.18. The fraction of sp³-hybridized carbons (Fsp3) is 0.462. The Balaban J connectivity index is 2.23. The minimum absolute atomic E-state index is 0.269. The zero-order chi connectivity index (χ0) is 14.9. The summed E-state index contributed by atoms with van der Waals surface area (Å²) in [5, 5.41) is 9.56. The largest absolute Gasteiger partial charge is 0.395 e. The number of aromatic nitrogens is 3. The molecule has 1 amide bonds. The molecule has 7 heteroatoms. The van der Waals surface area contributed by atoms with Gasteiger partial charge in [0.05, 0.1) is 17.1 Å². The SMILES string of the molecule is CCn1nc(C)c(N)c1C(=O)Nc1nc(C(C)C)cs1. The van der Waals surface area contributed by atoms with Crippen LogP contribution in [0.15, 0.2) is 5.38 Å². The Morgan fingerprint density at radius 1 is 1.55 bits per heavy atom. The van der Waals surface area contributed by atoms with E-state index in [4.69, 9.17) is 5.73 Å². The fourth-order valence-corrected chi connectivity index (χ4v) is 2.70. The van der Waals surface area contributed by atoms with E-state index in [0.717, 1.165) is 5.69 Å². The van der Waals surface area contributed by atoms with Crippen molar-refractivity contribution in [3.8, 4) is 0 Å². The first-order valence-electron chi connectivity index (χ1n) is 6.53. The molecule has 3 N–H and O–H groups in total. The van der Waals surface area contributed by atoms with Gasteiger partial charge in [0.25, 0.3) is 5.91 Å². The molecule has 0 fully saturated rings. The molecule has 0 spiro atoms. The topological polar surface area (TPSA) is 85.8 Å². The van der Waals surface area contributed by atoms with Crippen molar-refractivity contribution in [2.24, 2.45) is 0 Å². The number of nitrogens with zero attached hydrogens (tertiary/aromatic N) is 3. The van der Waals surface area contributed by atoms with Gasteiger partial charge in [-0.05, 0) is 19.8 Å². The van der Waals surface area contributed by atoms with Crippen LogP contribution in [0, 0.1) is 6.92 Å². The summed E-state index contributed by atoms with van der Waals surface area (Å²) in [4.78, 5) is 16.7. The number of nitrogens with one attached hydrogen (secondary N) is 1. The summed E-state index contributed by atoms with van der Waals surface area (Å²) in [6.45, 7) is 8.43. The molecular weight excluding hydrogens is 274 g/mol. The van der Waals surface area contributed by atoms with Crippen molar-refractivity contribution >= 4 is 28.1 Å². The van der Waals surface area contributed by atoms with Crippen LogP contribution in [0.3, 0.4) is 0 Å². The van der Waals surface area contributed by atoms with Gasteiger partial charge in [0, 0.05) is 11.9 Å². The molecule has 0 bridgehead atoms. The molecule has 0 atom stereocenters. The monoisotopic (exact) mass is 293 g/mol. The van der Waals surface area contributed by atoms with Crippen molar-refractivity contribution in [2.45, 2.75) is 40.2 Å². The summed E-state index contributed by atoms with van der Waals surface area (Å²) in [6, 6.07) is 0. The number of nitrogen functional groups attached to an aromatic ring is 1. The van der Waals surface area contributed by atoms with Crippen LogP contribution in [0.25, 0.3) is 0 Å². The molecule has 2 rings (SSSR count). The summed E-state index contributed by atoms with van der Waals surface area (Å²) in [7, 11) is 0. The van der Waals surface area contributed by atoms with Gasteiger partial charge in [-0.1, -0.05) is 13.8 Å². The van der Waals surface area contributed by atoms with Gasteiger partial charge in [-0.15, -0.1) is 11.3 Å². The normalized spacial score (nSPS) is 11.1. The van der Waals surface area contributed by atoms with Gasteiger partial charge in [-0.25, -0.2) is 4.98 Å². The second-order valence-corrected chi connectivity index (χ2v) is 5.71. The highest BCUT2D eigenvalue weighted by molar-refractivity contribution is 7.14. The van der Waals surface area contributed by atoms with Gasteiger partial charge in [-0.3, -0.25) is 14.8 Å². The van der Waals surface area contributed by atoms with Crippen molar-refractivity contribution < 1.29 is 4.79 Å². The number of carbonyl (C=O) groups excluding carboxylic acids is 1. The molecular formula is C13H19N5OS. The third-order valence-corrected chi connectivity index (χ3v) is 3.80. The summed E-state index contributed by atoms with van der Waals surface area (Å²) < 4.78 is 1.61. The van der Waals surface area contributed by atoms with E-state index in [-0.39, 0.29) is 5.91 Å². The maximum Gasteiger partial charge on any atom is 0.277 e. The van der Waals surface area contributed by atoms with Crippen LogP contribution in [-0.2, 0) is 6.54 Å². The number of carbonyl (C=O) groups is 1. The molecule has 0 radical (unpaired) electrons. The number of aryl methyl sites for hydroxylation is 2. The summed E-state index contributed by atoms with van der Waals surface area (Å²) in [5.41, 5.74) is 8.38. The van der Waals surface area contributed by atoms with Crippen molar-refractivity contribution in [1.82, 2.24) is 14.8 Å². The maximum absolute atomic E-state index is 12.3. The zero-order valence-corrected chi connectivity index (χ0v) is 12.9. The number of hydrogen-bond acceptors (Lipinski definition) is 5.